The van der Waals surface area contributed by atoms with Gasteiger partial charge in [0.25, 0.3) is 0 Å². The molecule has 0 aliphatic rings. The van der Waals surface area contributed by atoms with Crippen molar-refractivity contribution in [2.45, 2.75) is 4.21 Å². The molecule has 0 amide bonds. The number of nitrogens with zero attached hydrogens (tertiary/aromatic N) is 1. The molecule has 3 N–H and O–H groups in total. The summed E-state index contributed by atoms with van der Waals surface area (Å²) in [6.45, 7) is 0. The van der Waals surface area contributed by atoms with E-state index in [1.54, 1.807) is 0 Å². The number of fused-ring (bicyclic) bond motifs is 1. The van der Waals surface area contributed by atoms with Crippen LogP contribution in [0.25, 0.3) is 10.2 Å². The van der Waals surface area contributed by atoms with Crippen LogP contribution in [0, 0.1) is 0 Å². The third kappa shape index (κ3) is 1.57. The van der Waals surface area contributed by atoms with Gasteiger partial charge in [0, 0.05) is 0 Å². The number of aromatic nitrogens is 1. The number of thiophene rings is 1. The lowest BCUT2D eigenvalue weighted by Gasteiger charge is -1.99. The highest BCUT2D eigenvalue weighted by Crippen LogP contribution is 2.44. The number of hydrogen-bond acceptors (Lipinski definition) is 7. The van der Waals surface area contributed by atoms with Gasteiger partial charge >= 0.3 is 10.1 Å². The van der Waals surface area contributed by atoms with Gasteiger partial charge in [-0.1, -0.05) is 11.3 Å². The minimum absolute atomic E-state index is 0.0590. The molecule has 0 radical (unpaired) electrons. The summed E-state index contributed by atoms with van der Waals surface area (Å²) in [4.78, 5) is 0.446. The largest absolute Gasteiger partial charge is 0.494 e. The van der Waals surface area contributed by atoms with Crippen molar-refractivity contribution in [3.8, 4) is 5.75 Å². The number of anilines is 1. The van der Waals surface area contributed by atoms with Crippen LogP contribution >= 0.6 is 22.9 Å². The van der Waals surface area contributed by atoms with E-state index in [2.05, 4.69) is 4.37 Å². The van der Waals surface area contributed by atoms with Gasteiger partial charge < -0.3 is 10.5 Å². The van der Waals surface area contributed by atoms with E-state index in [0.29, 0.717) is 15.2 Å². The molecule has 2 aromatic rings. The van der Waals surface area contributed by atoms with Crippen LogP contribution in [0.1, 0.15) is 0 Å². The Morgan fingerprint density at radius 2 is 2.20 bits per heavy atom. The summed E-state index contributed by atoms with van der Waals surface area (Å²) in [7, 11) is -2.98. The predicted molar refractivity (Wildman–Crippen MR) is 58.3 cm³/mol. The molecule has 0 bridgehead atoms. The Hall–Kier alpha value is -0.900. The summed E-state index contributed by atoms with van der Waals surface area (Å²) in [6.07, 6.45) is 0. The molecule has 0 unspecified atom stereocenters. The predicted octanol–water partition coefficient (Wildman–Crippen LogP) is 1.20. The van der Waals surface area contributed by atoms with E-state index in [-0.39, 0.29) is 9.96 Å². The van der Waals surface area contributed by atoms with Crippen LogP contribution in [0.2, 0.25) is 0 Å². The Morgan fingerprint density at radius 1 is 1.53 bits per heavy atom. The van der Waals surface area contributed by atoms with Gasteiger partial charge in [-0.25, -0.2) is 0 Å². The molecule has 0 saturated carbocycles. The van der Waals surface area contributed by atoms with E-state index in [1.807, 2.05) is 0 Å². The zero-order chi connectivity index (χ0) is 11.2. The smallest absolute Gasteiger partial charge is 0.307 e. The van der Waals surface area contributed by atoms with Crippen LogP contribution in [-0.2, 0) is 10.1 Å². The number of rotatable bonds is 2. The maximum Gasteiger partial charge on any atom is 0.307 e. The summed E-state index contributed by atoms with van der Waals surface area (Å²) >= 11 is 1.89. The van der Waals surface area contributed by atoms with Crippen molar-refractivity contribution in [3.05, 3.63) is 0 Å². The van der Waals surface area contributed by atoms with Crippen LogP contribution in [0.4, 0.5) is 5.00 Å². The van der Waals surface area contributed by atoms with Gasteiger partial charge in [-0.2, -0.15) is 12.8 Å². The molecular weight excluding hydrogens is 260 g/mol. The fraction of sp³-hybridized carbons (Fsp3) is 0.167. The van der Waals surface area contributed by atoms with Crippen LogP contribution in [0.3, 0.4) is 0 Å². The molecule has 0 spiro atoms. The molecule has 2 aromatic heterocycles. The lowest BCUT2D eigenvalue weighted by Crippen LogP contribution is -1.97. The number of ether oxygens (including phenoxy) is 1. The van der Waals surface area contributed by atoms with E-state index in [4.69, 9.17) is 15.0 Å². The lowest BCUT2D eigenvalue weighted by atomic mass is 10.4. The Kier molecular flexibility index (Phi) is 2.34. The minimum Gasteiger partial charge on any atom is -0.494 e. The Balaban J connectivity index is 2.88. The van der Waals surface area contributed by atoms with Crippen LogP contribution in [0.15, 0.2) is 4.21 Å². The highest BCUT2D eigenvalue weighted by Gasteiger charge is 2.26. The Labute approximate surface area is 93.2 Å². The SMILES string of the molecule is COc1c(S(=O)(=O)O)sc2nsc(N)c12. The molecule has 6 nitrogen and oxygen atoms in total. The van der Waals surface area contributed by atoms with Crippen molar-refractivity contribution in [3.63, 3.8) is 0 Å². The van der Waals surface area contributed by atoms with Crippen LogP contribution < -0.4 is 10.5 Å². The quantitative estimate of drug-likeness (QED) is 0.792. The Bertz CT molecular complexity index is 612. The first-order valence-corrected chi connectivity index (χ1v) is 6.67. The summed E-state index contributed by atoms with van der Waals surface area (Å²) in [5.74, 6) is 0.0590. The number of hydrogen-bond donors (Lipinski definition) is 2. The van der Waals surface area contributed by atoms with E-state index in [9.17, 15) is 8.42 Å². The van der Waals surface area contributed by atoms with Crippen LogP contribution in [0.5, 0.6) is 5.75 Å². The fourth-order valence-electron chi connectivity index (χ4n) is 1.16. The minimum atomic E-state index is -4.29. The lowest BCUT2D eigenvalue weighted by molar-refractivity contribution is 0.407. The van der Waals surface area contributed by atoms with Gasteiger partial charge in [0.15, 0.2) is 9.96 Å². The summed E-state index contributed by atoms with van der Waals surface area (Å²) < 4.78 is 39.6. The number of nitrogens with two attached hydrogens (primary N) is 1. The third-order valence-corrected chi connectivity index (χ3v) is 4.91. The van der Waals surface area contributed by atoms with Crippen molar-refractivity contribution in [2.75, 3.05) is 12.8 Å². The van der Waals surface area contributed by atoms with Crippen molar-refractivity contribution in [2.24, 2.45) is 0 Å². The molecule has 0 aliphatic heterocycles. The highest BCUT2D eigenvalue weighted by atomic mass is 32.3. The molecule has 9 heteroatoms. The molecule has 2 heterocycles. The van der Waals surface area contributed by atoms with E-state index in [1.165, 1.54) is 7.11 Å². The molecular formula is C6H6N2O4S3. The van der Waals surface area contributed by atoms with Crippen molar-refractivity contribution < 1.29 is 17.7 Å². The van der Waals surface area contributed by atoms with E-state index < -0.39 is 10.1 Å². The van der Waals surface area contributed by atoms with Crippen molar-refractivity contribution in [1.82, 2.24) is 4.37 Å². The molecule has 82 valence electrons. The summed E-state index contributed by atoms with van der Waals surface area (Å²) in [5.41, 5.74) is 5.62. The zero-order valence-corrected chi connectivity index (χ0v) is 9.87. The van der Waals surface area contributed by atoms with Crippen LogP contribution in [-0.4, -0.2) is 24.5 Å². The van der Waals surface area contributed by atoms with Crippen molar-refractivity contribution >= 4 is 48.2 Å². The maximum atomic E-state index is 11.0. The van der Waals surface area contributed by atoms with E-state index in [0.717, 1.165) is 22.9 Å². The Morgan fingerprint density at radius 3 is 2.73 bits per heavy atom. The molecule has 0 atom stereocenters. The highest BCUT2D eigenvalue weighted by molar-refractivity contribution is 7.88. The molecule has 15 heavy (non-hydrogen) atoms. The molecule has 0 aliphatic carbocycles. The van der Waals surface area contributed by atoms with Gasteiger partial charge in [-0.15, -0.1) is 0 Å². The van der Waals surface area contributed by atoms with Gasteiger partial charge in [0.1, 0.15) is 9.83 Å². The first-order valence-electron chi connectivity index (χ1n) is 3.64. The first kappa shape index (κ1) is 10.6. The third-order valence-electron chi connectivity index (χ3n) is 1.73. The monoisotopic (exact) mass is 266 g/mol. The fourth-order valence-corrected chi connectivity index (χ4v) is 3.87. The van der Waals surface area contributed by atoms with Gasteiger partial charge in [0.2, 0.25) is 0 Å². The second-order valence-corrected chi connectivity index (χ2v) is 6.05. The van der Waals surface area contributed by atoms with E-state index >= 15 is 0 Å². The van der Waals surface area contributed by atoms with Gasteiger partial charge in [-0.3, -0.25) is 4.55 Å². The second-order valence-electron chi connectivity index (χ2n) is 2.62. The van der Waals surface area contributed by atoms with Gasteiger partial charge in [0.05, 0.1) is 12.5 Å². The van der Waals surface area contributed by atoms with Crippen molar-refractivity contribution in [1.29, 1.82) is 0 Å². The zero-order valence-electron chi connectivity index (χ0n) is 7.42. The number of methoxy groups -OCH3 is 1. The average Bonchev–Trinajstić information content (AvgIpc) is 2.65. The normalized spacial score (nSPS) is 12.1. The number of nitrogen functional groups attached to an aromatic ring is 1. The standard InChI is InChI=1S/C6H6N2O4S3/c1-12-3-2-4(7)14-8-5(2)13-6(3)15(9,10)11/h7H2,1H3,(H,9,10,11). The maximum absolute atomic E-state index is 11.0. The first-order chi connectivity index (χ1) is 6.95. The molecule has 2 rings (SSSR count). The second kappa shape index (κ2) is 3.30. The molecule has 0 aromatic carbocycles. The average molecular weight is 266 g/mol. The molecule has 0 fully saturated rings. The summed E-state index contributed by atoms with van der Waals surface area (Å²) in [5, 5.41) is 0.813. The molecule has 0 saturated heterocycles. The topological polar surface area (TPSA) is 103 Å². The summed E-state index contributed by atoms with van der Waals surface area (Å²) in [6, 6.07) is 0. The van der Waals surface area contributed by atoms with Gasteiger partial charge in [-0.05, 0) is 11.5 Å².